The van der Waals surface area contributed by atoms with Crippen LogP contribution in [0.15, 0.2) is 23.8 Å². The van der Waals surface area contributed by atoms with Crippen LogP contribution in [0, 0.1) is 50.7 Å². The van der Waals surface area contributed by atoms with Crippen molar-refractivity contribution in [1.82, 2.24) is 0 Å². The summed E-state index contributed by atoms with van der Waals surface area (Å²) in [5.41, 5.74) is 4.38. The summed E-state index contributed by atoms with van der Waals surface area (Å²) in [6.07, 6.45) is 14.1. The molecule has 0 aromatic heterocycles. The van der Waals surface area contributed by atoms with E-state index in [2.05, 4.69) is 75.0 Å². The number of carbonyl (C=O) groups excluding carboxylic acids is 1. The highest BCUT2D eigenvalue weighted by molar-refractivity contribution is 5.66. The van der Waals surface area contributed by atoms with Gasteiger partial charge in [0.15, 0.2) is 0 Å². The van der Waals surface area contributed by atoms with Crippen molar-refractivity contribution in [3.05, 3.63) is 23.8 Å². The first-order chi connectivity index (χ1) is 16.5. The maximum absolute atomic E-state index is 11.9. The Kier molecular flexibility index (Phi) is 7.00. The van der Waals surface area contributed by atoms with Gasteiger partial charge >= 0.3 is 5.97 Å². The molecular formula is C34H56O2. The van der Waals surface area contributed by atoms with Crippen LogP contribution in [-0.4, -0.2) is 12.1 Å². The number of ether oxygens (including phenoxy) is 1. The number of esters is 1. The lowest BCUT2D eigenvalue weighted by Crippen LogP contribution is -2.58. The van der Waals surface area contributed by atoms with Crippen molar-refractivity contribution in [3.63, 3.8) is 0 Å². The maximum Gasteiger partial charge on any atom is 0.302 e. The Hall–Kier alpha value is -1.05. The molecule has 0 aliphatic heterocycles. The number of hydrogen-bond donors (Lipinski definition) is 0. The fourth-order valence-corrected chi connectivity index (χ4v) is 10.1. The molecule has 0 aromatic carbocycles. The van der Waals surface area contributed by atoms with Gasteiger partial charge < -0.3 is 4.74 Å². The highest BCUT2D eigenvalue weighted by Crippen LogP contribution is 2.73. The lowest BCUT2D eigenvalue weighted by molar-refractivity contribution is -0.170. The minimum atomic E-state index is -0.122. The summed E-state index contributed by atoms with van der Waals surface area (Å²) < 4.78 is 5.88. The summed E-state index contributed by atoms with van der Waals surface area (Å²) in [5, 5.41) is 0. The molecule has 0 spiro atoms. The van der Waals surface area contributed by atoms with Crippen LogP contribution in [0.25, 0.3) is 0 Å². The molecule has 3 fully saturated rings. The van der Waals surface area contributed by atoms with Crippen LogP contribution >= 0.6 is 0 Å². The molecule has 36 heavy (non-hydrogen) atoms. The molecule has 2 nitrogen and oxygen atoms in total. The number of hydrogen-bond acceptors (Lipinski definition) is 2. The summed E-state index contributed by atoms with van der Waals surface area (Å²) in [5.74, 6) is 2.74. The van der Waals surface area contributed by atoms with Gasteiger partial charge in [0, 0.05) is 12.3 Å². The van der Waals surface area contributed by atoms with Gasteiger partial charge in [-0.25, -0.2) is 0 Å². The van der Waals surface area contributed by atoms with Crippen molar-refractivity contribution in [2.75, 3.05) is 0 Å². The minimum absolute atomic E-state index is 0.0228. The van der Waals surface area contributed by atoms with E-state index >= 15 is 0 Å². The quantitative estimate of drug-likeness (QED) is 0.270. The van der Waals surface area contributed by atoms with Gasteiger partial charge in [-0.2, -0.15) is 0 Å². The molecule has 0 saturated heterocycles. The second kappa shape index (κ2) is 9.01. The molecule has 0 amide bonds. The largest absolute Gasteiger partial charge is 0.462 e. The zero-order valence-corrected chi connectivity index (χ0v) is 25.4. The van der Waals surface area contributed by atoms with E-state index in [1.54, 1.807) is 12.5 Å². The molecule has 0 heterocycles. The summed E-state index contributed by atoms with van der Waals surface area (Å²) in [6, 6.07) is 0. The molecular weight excluding hydrogens is 440 g/mol. The van der Waals surface area contributed by atoms with Crippen LogP contribution in [0.1, 0.15) is 127 Å². The van der Waals surface area contributed by atoms with Crippen molar-refractivity contribution >= 4 is 5.97 Å². The van der Waals surface area contributed by atoms with Crippen molar-refractivity contribution in [3.8, 4) is 0 Å². The second-order valence-corrected chi connectivity index (χ2v) is 15.6. The molecule has 4 aliphatic carbocycles. The molecule has 4 rings (SSSR count). The predicted molar refractivity (Wildman–Crippen MR) is 152 cm³/mol. The molecule has 2 heteroatoms. The second-order valence-electron chi connectivity index (χ2n) is 15.6. The van der Waals surface area contributed by atoms with Gasteiger partial charge in [0.25, 0.3) is 0 Å². The molecule has 0 N–H and O–H groups in total. The zero-order chi connectivity index (χ0) is 26.9. The van der Waals surface area contributed by atoms with Crippen molar-refractivity contribution < 1.29 is 9.53 Å². The van der Waals surface area contributed by atoms with E-state index in [4.69, 9.17) is 4.74 Å². The Morgan fingerprint density at radius 2 is 1.72 bits per heavy atom. The Bertz CT molecular complexity index is 923. The SMILES string of the molecule is C=C(C)C(C)(C)CCC(C)C1CCC2(C)C3CCC4C(C)(CCC(OC(C)=O)C4(C)C)C3=CCC12C. The molecule has 0 aromatic rings. The van der Waals surface area contributed by atoms with Gasteiger partial charge in [-0.05, 0) is 110 Å². The Balaban J connectivity index is 1.59. The lowest BCUT2D eigenvalue weighted by Gasteiger charge is -2.64. The van der Waals surface area contributed by atoms with E-state index in [1.165, 1.54) is 50.5 Å². The van der Waals surface area contributed by atoms with Gasteiger partial charge in [0.05, 0.1) is 0 Å². The predicted octanol–water partition coefficient (Wildman–Crippen LogP) is 9.54. The van der Waals surface area contributed by atoms with Crippen molar-refractivity contribution in [2.45, 2.75) is 133 Å². The zero-order valence-electron chi connectivity index (χ0n) is 25.4. The number of allylic oxidation sites excluding steroid dienone is 3. The first kappa shape index (κ1) is 28.0. The van der Waals surface area contributed by atoms with Gasteiger partial charge in [-0.1, -0.05) is 79.2 Å². The fraction of sp³-hybridized carbons (Fsp3) is 0.853. The van der Waals surface area contributed by atoms with E-state index in [0.717, 1.165) is 24.7 Å². The third kappa shape index (κ3) is 4.07. The van der Waals surface area contributed by atoms with E-state index in [1.807, 2.05) is 0 Å². The summed E-state index contributed by atoms with van der Waals surface area (Å²) in [7, 11) is 0. The van der Waals surface area contributed by atoms with E-state index in [9.17, 15) is 4.79 Å². The fourth-order valence-electron chi connectivity index (χ4n) is 10.1. The minimum Gasteiger partial charge on any atom is -0.462 e. The van der Waals surface area contributed by atoms with Crippen LogP contribution in [-0.2, 0) is 9.53 Å². The molecule has 204 valence electrons. The van der Waals surface area contributed by atoms with Gasteiger partial charge in [-0.15, -0.1) is 0 Å². The standard InChI is InChI=1S/C34H56O2/c1-22(2)30(5,6)18-14-23(3)25-15-20-34(11)27-12-13-28-31(7,8)29(36-24(4)35)17-19-32(28,9)26(27)16-21-33(25,34)10/h16,23,25,27-29H,1,12-15,17-21H2,2-11H3. The van der Waals surface area contributed by atoms with Crippen LogP contribution in [0.2, 0.25) is 0 Å². The first-order valence-corrected chi connectivity index (χ1v) is 15.0. The third-order valence-electron chi connectivity index (χ3n) is 13.2. The van der Waals surface area contributed by atoms with E-state index in [0.29, 0.717) is 22.7 Å². The number of fused-ring (bicyclic) bond motifs is 5. The van der Waals surface area contributed by atoms with Crippen LogP contribution in [0.3, 0.4) is 0 Å². The molecule has 8 atom stereocenters. The van der Waals surface area contributed by atoms with Crippen LogP contribution in [0.4, 0.5) is 0 Å². The van der Waals surface area contributed by atoms with Crippen LogP contribution < -0.4 is 0 Å². The first-order valence-electron chi connectivity index (χ1n) is 15.0. The monoisotopic (exact) mass is 496 g/mol. The topological polar surface area (TPSA) is 26.3 Å². The van der Waals surface area contributed by atoms with Gasteiger partial charge in [-0.3, -0.25) is 4.79 Å². The van der Waals surface area contributed by atoms with Crippen molar-refractivity contribution in [1.29, 1.82) is 0 Å². The van der Waals surface area contributed by atoms with Crippen LogP contribution in [0.5, 0.6) is 0 Å². The van der Waals surface area contributed by atoms with E-state index < -0.39 is 0 Å². The average Bonchev–Trinajstić information content (AvgIpc) is 3.05. The maximum atomic E-state index is 11.9. The van der Waals surface area contributed by atoms with Crippen molar-refractivity contribution in [2.24, 2.45) is 50.7 Å². The smallest absolute Gasteiger partial charge is 0.302 e. The van der Waals surface area contributed by atoms with Gasteiger partial charge in [0.1, 0.15) is 6.10 Å². The Labute approximate surface area is 223 Å². The summed E-state index contributed by atoms with van der Waals surface area (Å²) in [4.78, 5) is 11.9. The Morgan fingerprint density at radius 1 is 1.06 bits per heavy atom. The number of rotatable bonds is 6. The normalized spacial score (nSPS) is 42.4. The lowest BCUT2D eigenvalue weighted by atomic mass is 9.41. The summed E-state index contributed by atoms with van der Waals surface area (Å²) >= 11 is 0. The van der Waals surface area contributed by atoms with E-state index in [-0.39, 0.29) is 28.3 Å². The summed E-state index contributed by atoms with van der Waals surface area (Å²) in [6.45, 7) is 28.0. The third-order valence-corrected chi connectivity index (χ3v) is 13.2. The van der Waals surface area contributed by atoms with Gasteiger partial charge in [0.2, 0.25) is 0 Å². The molecule has 4 aliphatic rings. The highest BCUT2D eigenvalue weighted by atomic mass is 16.5. The molecule has 0 radical (unpaired) electrons. The Morgan fingerprint density at radius 3 is 2.33 bits per heavy atom. The highest BCUT2D eigenvalue weighted by Gasteiger charge is 2.65. The molecule has 3 saturated carbocycles. The molecule has 8 unspecified atom stereocenters. The molecule has 0 bridgehead atoms. The average molecular weight is 497 g/mol. The number of carbonyl (C=O) groups is 1.